The summed E-state index contributed by atoms with van der Waals surface area (Å²) in [6.07, 6.45) is 2.50. The van der Waals surface area contributed by atoms with E-state index in [1.54, 1.807) is 42.5 Å². The fourth-order valence-electron chi connectivity index (χ4n) is 3.00. The third-order valence-corrected chi connectivity index (χ3v) is 4.56. The van der Waals surface area contributed by atoms with E-state index >= 15 is 0 Å². The number of hydrogen-bond acceptors (Lipinski definition) is 3. The monoisotopic (exact) mass is 370 g/mol. The maximum absolute atomic E-state index is 13.6. The molecule has 0 aromatic heterocycles. The molecule has 1 atom stereocenters. The number of benzene rings is 2. The van der Waals surface area contributed by atoms with Crippen LogP contribution >= 0.6 is 0 Å². The van der Waals surface area contributed by atoms with E-state index in [0.717, 1.165) is 19.4 Å². The summed E-state index contributed by atoms with van der Waals surface area (Å²) in [5, 5.41) is 5.61. The van der Waals surface area contributed by atoms with Crippen molar-refractivity contribution in [1.82, 2.24) is 10.6 Å². The van der Waals surface area contributed by atoms with Gasteiger partial charge in [-0.1, -0.05) is 18.2 Å². The highest BCUT2D eigenvalue weighted by molar-refractivity contribution is 5.97. The molecule has 0 radical (unpaired) electrons. The minimum absolute atomic E-state index is 0.0912. The normalized spacial score (nSPS) is 16.1. The van der Waals surface area contributed by atoms with Crippen LogP contribution in [0.25, 0.3) is 0 Å². The smallest absolute Gasteiger partial charge is 0.251 e. The van der Waals surface area contributed by atoms with Crippen LogP contribution in [-0.2, 0) is 11.2 Å². The first-order valence-corrected chi connectivity index (χ1v) is 9.15. The minimum Gasteiger partial charge on any atom is -0.376 e. The summed E-state index contributed by atoms with van der Waals surface area (Å²) >= 11 is 0. The second-order valence-corrected chi connectivity index (χ2v) is 6.52. The number of halogens is 1. The van der Waals surface area contributed by atoms with Gasteiger partial charge in [0, 0.05) is 30.8 Å². The predicted octanol–water partition coefficient (Wildman–Crippen LogP) is 2.71. The lowest BCUT2D eigenvalue weighted by Crippen LogP contribution is -2.31. The Balaban J connectivity index is 1.46. The predicted molar refractivity (Wildman–Crippen MR) is 100 cm³/mol. The molecule has 3 rings (SSSR count). The molecule has 0 spiro atoms. The molecule has 1 heterocycles. The number of carbonyl (C=O) groups is 2. The Bertz CT molecular complexity index is 786. The van der Waals surface area contributed by atoms with Gasteiger partial charge in [-0.05, 0) is 55.2 Å². The Morgan fingerprint density at radius 2 is 1.67 bits per heavy atom. The molecule has 0 saturated carbocycles. The van der Waals surface area contributed by atoms with Gasteiger partial charge in [-0.3, -0.25) is 9.59 Å². The number of nitrogens with one attached hydrogen (secondary N) is 2. The van der Waals surface area contributed by atoms with E-state index in [2.05, 4.69) is 10.6 Å². The van der Waals surface area contributed by atoms with Crippen LogP contribution in [0.1, 0.15) is 39.1 Å². The summed E-state index contributed by atoms with van der Waals surface area (Å²) < 4.78 is 19.0. The second-order valence-electron chi connectivity index (χ2n) is 6.52. The van der Waals surface area contributed by atoms with Crippen molar-refractivity contribution < 1.29 is 18.7 Å². The molecule has 1 unspecified atom stereocenters. The minimum atomic E-state index is -0.273. The zero-order chi connectivity index (χ0) is 19.1. The van der Waals surface area contributed by atoms with Crippen molar-refractivity contribution in [3.63, 3.8) is 0 Å². The standard InChI is InChI=1S/C21H23FN2O3/c22-19-6-2-1-4-15(19)11-12-23-20(25)16-7-9-17(10-8-16)21(26)24-14-18-5-3-13-27-18/h1-2,4,6-10,18H,3,5,11-14H2,(H,23,25)(H,24,26). The summed E-state index contributed by atoms with van der Waals surface area (Å²) in [5.41, 5.74) is 1.52. The number of hydrogen-bond donors (Lipinski definition) is 2. The van der Waals surface area contributed by atoms with E-state index in [1.807, 2.05) is 0 Å². The average Bonchev–Trinajstić information content (AvgIpc) is 3.21. The van der Waals surface area contributed by atoms with Crippen LogP contribution in [0.5, 0.6) is 0 Å². The van der Waals surface area contributed by atoms with Crippen LogP contribution in [0.15, 0.2) is 48.5 Å². The molecule has 27 heavy (non-hydrogen) atoms. The first-order valence-electron chi connectivity index (χ1n) is 9.15. The summed E-state index contributed by atoms with van der Waals surface area (Å²) in [6.45, 7) is 1.59. The average molecular weight is 370 g/mol. The van der Waals surface area contributed by atoms with Gasteiger partial charge in [-0.2, -0.15) is 0 Å². The van der Waals surface area contributed by atoms with Crippen molar-refractivity contribution in [3.05, 3.63) is 71.0 Å². The molecule has 0 aliphatic carbocycles. The Morgan fingerprint density at radius 1 is 1.00 bits per heavy atom. The number of carbonyl (C=O) groups excluding carboxylic acids is 2. The topological polar surface area (TPSA) is 67.4 Å². The third-order valence-electron chi connectivity index (χ3n) is 4.56. The zero-order valence-corrected chi connectivity index (χ0v) is 15.0. The Labute approximate surface area is 157 Å². The van der Waals surface area contributed by atoms with E-state index in [9.17, 15) is 14.0 Å². The highest BCUT2D eigenvalue weighted by Crippen LogP contribution is 2.11. The third kappa shape index (κ3) is 5.37. The Hall–Kier alpha value is -2.73. The Morgan fingerprint density at radius 3 is 2.30 bits per heavy atom. The molecule has 1 aliphatic heterocycles. The maximum atomic E-state index is 13.6. The van der Waals surface area contributed by atoms with Crippen LogP contribution in [0.3, 0.4) is 0 Å². The lowest BCUT2D eigenvalue weighted by Gasteiger charge is -2.11. The molecule has 1 saturated heterocycles. The van der Waals surface area contributed by atoms with E-state index in [1.165, 1.54) is 6.07 Å². The molecular formula is C21H23FN2O3. The van der Waals surface area contributed by atoms with E-state index in [4.69, 9.17) is 4.74 Å². The van der Waals surface area contributed by atoms with Gasteiger partial charge in [-0.25, -0.2) is 4.39 Å². The van der Waals surface area contributed by atoms with Crippen molar-refractivity contribution in [2.75, 3.05) is 19.7 Å². The van der Waals surface area contributed by atoms with Crippen LogP contribution in [-0.4, -0.2) is 37.6 Å². The second kappa shape index (κ2) is 9.28. The van der Waals surface area contributed by atoms with Crippen molar-refractivity contribution in [1.29, 1.82) is 0 Å². The number of rotatable bonds is 7. The van der Waals surface area contributed by atoms with Crippen molar-refractivity contribution in [2.24, 2.45) is 0 Å². The highest BCUT2D eigenvalue weighted by atomic mass is 19.1. The number of ether oxygens (including phenoxy) is 1. The van der Waals surface area contributed by atoms with Crippen molar-refractivity contribution in [3.8, 4) is 0 Å². The zero-order valence-electron chi connectivity index (χ0n) is 15.0. The van der Waals surface area contributed by atoms with Gasteiger partial charge < -0.3 is 15.4 Å². The quantitative estimate of drug-likeness (QED) is 0.788. The van der Waals surface area contributed by atoms with Crippen LogP contribution in [0.4, 0.5) is 4.39 Å². The fraction of sp³-hybridized carbons (Fsp3) is 0.333. The van der Waals surface area contributed by atoms with E-state index in [-0.39, 0.29) is 23.7 Å². The van der Waals surface area contributed by atoms with Gasteiger partial charge in [0.1, 0.15) is 5.82 Å². The molecular weight excluding hydrogens is 347 g/mol. The van der Waals surface area contributed by atoms with Gasteiger partial charge >= 0.3 is 0 Å². The highest BCUT2D eigenvalue weighted by Gasteiger charge is 2.16. The Kier molecular flexibility index (Phi) is 6.54. The van der Waals surface area contributed by atoms with E-state index in [0.29, 0.717) is 36.2 Å². The van der Waals surface area contributed by atoms with Crippen molar-refractivity contribution in [2.45, 2.75) is 25.4 Å². The molecule has 1 fully saturated rings. The van der Waals surface area contributed by atoms with Gasteiger partial charge in [-0.15, -0.1) is 0 Å². The summed E-state index contributed by atoms with van der Waals surface area (Å²) in [6, 6.07) is 13.0. The van der Waals surface area contributed by atoms with Crippen LogP contribution in [0.2, 0.25) is 0 Å². The van der Waals surface area contributed by atoms with Crippen LogP contribution in [0, 0.1) is 5.82 Å². The SMILES string of the molecule is O=C(NCCc1ccccc1F)c1ccc(C(=O)NCC2CCCO2)cc1. The van der Waals surface area contributed by atoms with Crippen LogP contribution < -0.4 is 10.6 Å². The lowest BCUT2D eigenvalue weighted by atomic mass is 10.1. The molecule has 142 valence electrons. The molecule has 2 aromatic carbocycles. The van der Waals surface area contributed by atoms with Gasteiger partial charge in [0.25, 0.3) is 11.8 Å². The van der Waals surface area contributed by atoms with Crippen molar-refractivity contribution >= 4 is 11.8 Å². The van der Waals surface area contributed by atoms with Gasteiger partial charge in [0.2, 0.25) is 0 Å². The van der Waals surface area contributed by atoms with Gasteiger partial charge in [0.05, 0.1) is 6.10 Å². The summed E-state index contributed by atoms with van der Waals surface area (Å²) in [7, 11) is 0. The van der Waals surface area contributed by atoms with E-state index < -0.39 is 0 Å². The molecule has 1 aliphatic rings. The molecule has 2 amide bonds. The lowest BCUT2D eigenvalue weighted by molar-refractivity contribution is 0.0857. The molecule has 0 bridgehead atoms. The molecule has 6 heteroatoms. The largest absolute Gasteiger partial charge is 0.376 e. The van der Waals surface area contributed by atoms with Gasteiger partial charge in [0.15, 0.2) is 0 Å². The fourth-order valence-corrected chi connectivity index (χ4v) is 3.00. The first kappa shape index (κ1) is 19.0. The summed E-state index contributed by atoms with van der Waals surface area (Å²) in [4.78, 5) is 24.3. The summed E-state index contributed by atoms with van der Waals surface area (Å²) in [5.74, 6) is -0.709. The maximum Gasteiger partial charge on any atom is 0.251 e. The molecule has 2 aromatic rings. The first-order chi connectivity index (χ1) is 13.1. The number of amides is 2. The molecule has 5 nitrogen and oxygen atoms in total. The molecule has 2 N–H and O–H groups in total.